The van der Waals surface area contributed by atoms with Crippen molar-refractivity contribution in [3.63, 3.8) is 0 Å². The quantitative estimate of drug-likeness (QED) is 0.315. The van der Waals surface area contributed by atoms with Crippen LogP contribution in [0.1, 0.15) is 18.9 Å². The fourth-order valence-electron chi connectivity index (χ4n) is 1.65. The summed E-state index contributed by atoms with van der Waals surface area (Å²) in [4.78, 5) is 34.1. The number of rotatable bonds is 8. The molecule has 0 aromatic heterocycles. The maximum atomic E-state index is 11.6. The summed E-state index contributed by atoms with van der Waals surface area (Å²) in [6, 6.07) is 5.13. The number of Topliss-reactive ketones (excluding diaryl/α,β-unsaturated/α-hetero) is 1. The van der Waals surface area contributed by atoms with Gasteiger partial charge in [-0.1, -0.05) is 12.1 Å². The number of allylic oxidation sites excluding steroid dienone is 1. The van der Waals surface area contributed by atoms with E-state index in [4.69, 9.17) is 9.47 Å². The van der Waals surface area contributed by atoms with Gasteiger partial charge in [-0.15, -0.1) is 0 Å². The predicted molar refractivity (Wildman–Crippen MR) is 79.8 cm³/mol. The Morgan fingerprint density at radius 1 is 1.09 bits per heavy atom. The van der Waals surface area contributed by atoms with Crippen LogP contribution in [0, 0.1) is 0 Å². The van der Waals surface area contributed by atoms with Gasteiger partial charge in [-0.3, -0.25) is 9.59 Å². The molecule has 0 fully saturated rings. The fourth-order valence-corrected chi connectivity index (χ4v) is 1.65. The van der Waals surface area contributed by atoms with Crippen LogP contribution in [0.3, 0.4) is 0 Å². The molecule has 0 bridgehead atoms. The molecular weight excluding hydrogens is 288 g/mol. The molecular formula is C16H18O6. The van der Waals surface area contributed by atoms with Crippen molar-refractivity contribution in [2.75, 3.05) is 20.8 Å². The van der Waals surface area contributed by atoms with Gasteiger partial charge in [-0.2, -0.15) is 0 Å². The summed E-state index contributed by atoms with van der Waals surface area (Å²) in [5.74, 6) is -1.23. The van der Waals surface area contributed by atoms with Gasteiger partial charge in [0.2, 0.25) is 5.78 Å². The number of methoxy groups -OCH3 is 2. The molecule has 0 spiro atoms. The Morgan fingerprint density at radius 2 is 1.77 bits per heavy atom. The van der Waals surface area contributed by atoms with Crippen LogP contribution >= 0.6 is 0 Å². The monoisotopic (exact) mass is 306 g/mol. The molecule has 0 radical (unpaired) electrons. The number of carbonyl (C=O) groups excluding carboxylic acids is 3. The minimum atomic E-state index is -0.990. The van der Waals surface area contributed by atoms with Crippen LogP contribution in [0.4, 0.5) is 0 Å². The van der Waals surface area contributed by atoms with E-state index >= 15 is 0 Å². The molecule has 0 N–H and O–H groups in total. The lowest BCUT2D eigenvalue weighted by atomic mass is 10.1. The minimum absolute atomic E-state index is 0.0975. The Kier molecular flexibility index (Phi) is 6.82. The van der Waals surface area contributed by atoms with Crippen LogP contribution in [-0.2, 0) is 19.1 Å². The van der Waals surface area contributed by atoms with E-state index in [1.54, 1.807) is 25.1 Å². The lowest BCUT2D eigenvalue weighted by Gasteiger charge is -2.07. The van der Waals surface area contributed by atoms with Crippen LogP contribution in [0.2, 0.25) is 0 Å². The minimum Gasteiger partial charge on any atom is -0.493 e. The fraction of sp³-hybridized carbons (Fsp3) is 0.312. The number of benzene rings is 1. The second kappa shape index (κ2) is 8.61. The maximum Gasteiger partial charge on any atom is 0.375 e. The molecule has 0 aliphatic heterocycles. The van der Waals surface area contributed by atoms with Gasteiger partial charge in [0.15, 0.2) is 17.3 Å². The van der Waals surface area contributed by atoms with Crippen molar-refractivity contribution in [2.24, 2.45) is 0 Å². The molecule has 0 amide bonds. The number of carbonyl (C=O) groups is 3. The summed E-state index contributed by atoms with van der Waals surface area (Å²) in [6.45, 7) is 1.68. The van der Waals surface area contributed by atoms with Gasteiger partial charge in [0.05, 0.1) is 27.2 Å². The van der Waals surface area contributed by atoms with Crippen molar-refractivity contribution in [2.45, 2.75) is 13.3 Å². The molecule has 1 rings (SSSR count). The highest BCUT2D eigenvalue weighted by atomic mass is 16.5. The van der Waals surface area contributed by atoms with Crippen LogP contribution in [0.25, 0.3) is 6.08 Å². The van der Waals surface area contributed by atoms with E-state index in [0.717, 1.165) is 0 Å². The van der Waals surface area contributed by atoms with Gasteiger partial charge in [-0.25, -0.2) is 4.79 Å². The second-order valence-corrected chi connectivity index (χ2v) is 4.23. The van der Waals surface area contributed by atoms with Gasteiger partial charge < -0.3 is 14.2 Å². The zero-order valence-electron chi connectivity index (χ0n) is 12.8. The third-order valence-corrected chi connectivity index (χ3v) is 2.71. The summed E-state index contributed by atoms with van der Waals surface area (Å²) in [7, 11) is 3.03. The van der Waals surface area contributed by atoms with Crippen molar-refractivity contribution < 1.29 is 28.6 Å². The summed E-state index contributed by atoms with van der Waals surface area (Å²) < 4.78 is 14.8. The highest BCUT2D eigenvalue weighted by molar-refractivity contribution is 6.37. The van der Waals surface area contributed by atoms with E-state index in [9.17, 15) is 14.4 Å². The summed E-state index contributed by atoms with van der Waals surface area (Å²) in [5.41, 5.74) is 0.703. The third-order valence-electron chi connectivity index (χ3n) is 2.71. The summed E-state index contributed by atoms with van der Waals surface area (Å²) in [6.07, 6.45) is 2.25. The normalized spacial score (nSPS) is 10.3. The third kappa shape index (κ3) is 5.05. The first-order valence-corrected chi connectivity index (χ1v) is 6.64. The molecule has 0 aliphatic carbocycles. The summed E-state index contributed by atoms with van der Waals surface area (Å²) >= 11 is 0. The lowest BCUT2D eigenvalue weighted by Crippen LogP contribution is -2.19. The maximum absolute atomic E-state index is 11.6. The molecule has 1 aromatic carbocycles. The lowest BCUT2D eigenvalue weighted by molar-refractivity contribution is -0.154. The number of ketones is 2. The average molecular weight is 306 g/mol. The van der Waals surface area contributed by atoms with Crippen LogP contribution in [0.15, 0.2) is 24.3 Å². The van der Waals surface area contributed by atoms with Crippen molar-refractivity contribution >= 4 is 23.6 Å². The van der Waals surface area contributed by atoms with Crippen LogP contribution < -0.4 is 9.47 Å². The highest BCUT2D eigenvalue weighted by Crippen LogP contribution is 2.27. The molecule has 0 saturated heterocycles. The molecule has 0 aliphatic rings. The molecule has 0 atom stereocenters. The van der Waals surface area contributed by atoms with Crippen LogP contribution in [-0.4, -0.2) is 38.4 Å². The van der Waals surface area contributed by atoms with Gasteiger partial charge in [0.25, 0.3) is 0 Å². The Bertz CT molecular complexity index is 588. The van der Waals surface area contributed by atoms with Crippen molar-refractivity contribution in [3.05, 3.63) is 29.8 Å². The zero-order chi connectivity index (χ0) is 16.5. The van der Waals surface area contributed by atoms with E-state index in [2.05, 4.69) is 4.74 Å². The first kappa shape index (κ1) is 17.4. The van der Waals surface area contributed by atoms with E-state index in [0.29, 0.717) is 17.1 Å². The molecule has 6 heteroatoms. The zero-order valence-corrected chi connectivity index (χ0v) is 12.8. The Morgan fingerprint density at radius 3 is 2.36 bits per heavy atom. The van der Waals surface area contributed by atoms with Gasteiger partial charge in [0, 0.05) is 0 Å². The predicted octanol–water partition coefficient (Wildman–Crippen LogP) is 1.81. The molecule has 0 unspecified atom stereocenters. The Labute approximate surface area is 128 Å². The van der Waals surface area contributed by atoms with Gasteiger partial charge in [0.1, 0.15) is 0 Å². The van der Waals surface area contributed by atoms with E-state index < -0.39 is 24.0 Å². The summed E-state index contributed by atoms with van der Waals surface area (Å²) in [5, 5.41) is 0. The first-order valence-electron chi connectivity index (χ1n) is 6.64. The van der Waals surface area contributed by atoms with E-state index in [1.165, 1.54) is 26.4 Å². The molecule has 6 nitrogen and oxygen atoms in total. The molecule has 22 heavy (non-hydrogen) atoms. The smallest absolute Gasteiger partial charge is 0.375 e. The van der Waals surface area contributed by atoms with E-state index in [1.807, 2.05) is 0 Å². The molecule has 1 aromatic rings. The standard InChI is InChI=1S/C16H18O6/c1-4-22-16(19)13(18)10-12(17)7-5-11-6-8-14(20-2)15(9-11)21-3/h5-9H,4,10H2,1-3H3/b7-5-. The first-order chi connectivity index (χ1) is 10.5. The number of hydrogen-bond acceptors (Lipinski definition) is 6. The largest absolute Gasteiger partial charge is 0.493 e. The molecule has 0 saturated carbocycles. The SMILES string of the molecule is CCOC(=O)C(=O)CC(=O)/C=C\c1ccc(OC)c(OC)c1. The second-order valence-electron chi connectivity index (χ2n) is 4.23. The number of ether oxygens (including phenoxy) is 3. The number of hydrogen-bond donors (Lipinski definition) is 0. The van der Waals surface area contributed by atoms with Crippen molar-refractivity contribution in [1.29, 1.82) is 0 Å². The Balaban J connectivity index is 2.70. The van der Waals surface area contributed by atoms with Gasteiger partial charge >= 0.3 is 5.97 Å². The topological polar surface area (TPSA) is 78.9 Å². The van der Waals surface area contributed by atoms with Crippen molar-refractivity contribution in [1.82, 2.24) is 0 Å². The van der Waals surface area contributed by atoms with Crippen molar-refractivity contribution in [3.8, 4) is 11.5 Å². The van der Waals surface area contributed by atoms with E-state index in [-0.39, 0.29) is 6.61 Å². The molecule has 0 heterocycles. The highest BCUT2D eigenvalue weighted by Gasteiger charge is 2.17. The van der Waals surface area contributed by atoms with Gasteiger partial charge in [-0.05, 0) is 30.7 Å². The van der Waals surface area contributed by atoms with Crippen LogP contribution in [0.5, 0.6) is 11.5 Å². The average Bonchev–Trinajstić information content (AvgIpc) is 2.52. The number of esters is 1. The molecule has 118 valence electrons. The Hall–Kier alpha value is -2.63.